The second-order valence-electron chi connectivity index (χ2n) is 3.14. The van der Waals surface area contributed by atoms with Crippen molar-refractivity contribution >= 4 is 23.1 Å². The maximum absolute atomic E-state index is 13.6. The maximum atomic E-state index is 13.6. The molecule has 0 heterocycles. The number of carbonyl (C=O) groups excluding carboxylic acids is 1. The molecule has 0 aliphatic rings. The van der Waals surface area contributed by atoms with E-state index in [0.29, 0.717) is 10.6 Å². The van der Waals surface area contributed by atoms with Crippen molar-refractivity contribution in [3.05, 3.63) is 40.7 Å². The van der Waals surface area contributed by atoms with Crippen LogP contribution >= 0.6 is 11.6 Å². The normalized spacial score (nSPS) is 12.0. The van der Waals surface area contributed by atoms with Gasteiger partial charge in [0.05, 0.1) is 6.61 Å². The van der Waals surface area contributed by atoms with Gasteiger partial charge in [-0.3, -0.25) is 0 Å². The molecule has 1 rings (SSSR count). The number of hydrogen-bond donors (Lipinski definition) is 0. The van der Waals surface area contributed by atoms with Gasteiger partial charge in [-0.15, -0.1) is 0 Å². The van der Waals surface area contributed by atoms with Crippen LogP contribution in [0.5, 0.6) is 0 Å². The van der Waals surface area contributed by atoms with Gasteiger partial charge in [0.1, 0.15) is 0 Å². The van der Waals surface area contributed by atoms with Crippen molar-refractivity contribution in [2.24, 2.45) is 0 Å². The summed E-state index contributed by atoms with van der Waals surface area (Å²) in [6, 6.07) is 6.75. The number of esters is 1. The summed E-state index contributed by atoms with van der Waals surface area (Å²) in [5.74, 6) is -1.87. The van der Waals surface area contributed by atoms with E-state index in [0.717, 1.165) is 0 Å². The Morgan fingerprint density at radius 3 is 2.62 bits per heavy atom. The van der Waals surface area contributed by atoms with Crippen LogP contribution in [0.2, 0.25) is 5.02 Å². The highest BCUT2D eigenvalue weighted by Crippen LogP contribution is 2.26. The van der Waals surface area contributed by atoms with Crippen LogP contribution in [0.4, 0.5) is 4.39 Å². The zero-order chi connectivity index (χ0) is 12.1. The van der Waals surface area contributed by atoms with Gasteiger partial charge in [0.2, 0.25) is 5.83 Å². The third kappa shape index (κ3) is 2.83. The van der Waals surface area contributed by atoms with Crippen molar-refractivity contribution in [2.45, 2.75) is 13.8 Å². The summed E-state index contributed by atoms with van der Waals surface area (Å²) >= 11 is 5.89. The molecule has 0 aliphatic carbocycles. The SMILES string of the molecule is CCOC(=O)/C(F)=C(/C)c1ccccc1Cl. The summed E-state index contributed by atoms with van der Waals surface area (Å²) in [5, 5.41) is 0.402. The van der Waals surface area contributed by atoms with E-state index in [4.69, 9.17) is 11.6 Å². The third-order valence-electron chi connectivity index (χ3n) is 2.06. The van der Waals surface area contributed by atoms with Gasteiger partial charge in [0.25, 0.3) is 0 Å². The molecular formula is C12H12ClFO2. The van der Waals surface area contributed by atoms with Gasteiger partial charge in [0.15, 0.2) is 0 Å². The standard InChI is InChI=1S/C12H12ClFO2/c1-3-16-12(15)11(14)8(2)9-6-4-5-7-10(9)13/h4-7H,3H2,1-2H3/b11-8+. The Morgan fingerprint density at radius 1 is 1.44 bits per heavy atom. The lowest BCUT2D eigenvalue weighted by Crippen LogP contribution is -2.06. The van der Waals surface area contributed by atoms with Gasteiger partial charge < -0.3 is 4.74 Å². The van der Waals surface area contributed by atoms with E-state index in [9.17, 15) is 9.18 Å². The lowest BCUT2D eigenvalue weighted by Gasteiger charge is -2.06. The van der Waals surface area contributed by atoms with E-state index in [2.05, 4.69) is 4.74 Å². The molecule has 4 heteroatoms. The van der Waals surface area contributed by atoms with Gasteiger partial charge in [-0.2, -0.15) is 4.39 Å². The lowest BCUT2D eigenvalue weighted by atomic mass is 10.1. The largest absolute Gasteiger partial charge is 0.461 e. The first-order valence-electron chi connectivity index (χ1n) is 4.86. The molecule has 0 fully saturated rings. The van der Waals surface area contributed by atoms with Crippen molar-refractivity contribution < 1.29 is 13.9 Å². The quantitative estimate of drug-likeness (QED) is 0.598. The maximum Gasteiger partial charge on any atom is 0.367 e. The van der Waals surface area contributed by atoms with Crippen molar-refractivity contribution in [2.75, 3.05) is 6.61 Å². The fraction of sp³-hybridized carbons (Fsp3) is 0.250. The first kappa shape index (κ1) is 12.7. The van der Waals surface area contributed by atoms with Crippen LogP contribution < -0.4 is 0 Å². The van der Waals surface area contributed by atoms with E-state index >= 15 is 0 Å². The van der Waals surface area contributed by atoms with E-state index in [1.807, 2.05) is 0 Å². The molecule has 0 aliphatic heterocycles. The van der Waals surface area contributed by atoms with E-state index in [1.54, 1.807) is 31.2 Å². The Balaban J connectivity index is 3.09. The minimum Gasteiger partial charge on any atom is -0.461 e. The van der Waals surface area contributed by atoms with E-state index < -0.39 is 11.8 Å². The fourth-order valence-corrected chi connectivity index (χ4v) is 1.51. The highest BCUT2D eigenvalue weighted by atomic mass is 35.5. The highest BCUT2D eigenvalue weighted by Gasteiger charge is 2.15. The minimum absolute atomic E-state index is 0.141. The predicted octanol–water partition coefficient (Wildman–Crippen LogP) is 3.60. The number of hydrogen-bond acceptors (Lipinski definition) is 2. The Hall–Kier alpha value is -1.35. The molecule has 0 N–H and O–H groups in total. The molecule has 86 valence electrons. The number of rotatable bonds is 3. The first-order chi connectivity index (χ1) is 7.57. The zero-order valence-electron chi connectivity index (χ0n) is 9.09. The Kier molecular flexibility index (Phi) is 4.50. The summed E-state index contributed by atoms with van der Waals surface area (Å²) < 4.78 is 18.2. The summed E-state index contributed by atoms with van der Waals surface area (Å²) in [7, 11) is 0. The van der Waals surface area contributed by atoms with Crippen LogP contribution in [0.15, 0.2) is 30.1 Å². The van der Waals surface area contributed by atoms with Crippen LogP contribution in [0, 0.1) is 0 Å². The average molecular weight is 243 g/mol. The van der Waals surface area contributed by atoms with E-state index in [-0.39, 0.29) is 12.2 Å². The van der Waals surface area contributed by atoms with Crippen molar-refractivity contribution in [3.63, 3.8) is 0 Å². The minimum atomic E-state index is -0.958. The molecule has 0 spiro atoms. The summed E-state index contributed by atoms with van der Waals surface area (Å²) in [6.07, 6.45) is 0. The molecule has 0 saturated heterocycles. The predicted molar refractivity (Wildman–Crippen MR) is 61.8 cm³/mol. The van der Waals surface area contributed by atoms with Crippen molar-refractivity contribution in [1.82, 2.24) is 0 Å². The molecule has 0 amide bonds. The van der Waals surface area contributed by atoms with Crippen molar-refractivity contribution in [3.8, 4) is 0 Å². The zero-order valence-corrected chi connectivity index (χ0v) is 9.84. The summed E-state index contributed by atoms with van der Waals surface area (Å²) in [4.78, 5) is 11.2. The second-order valence-corrected chi connectivity index (χ2v) is 3.55. The molecule has 0 bridgehead atoms. The van der Waals surface area contributed by atoms with Crippen LogP contribution in [-0.2, 0) is 9.53 Å². The van der Waals surface area contributed by atoms with Gasteiger partial charge in [-0.1, -0.05) is 29.8 Å². The molecule has 0 unspecified atom stereocenters. The molecule has 1 aromatic carbocycles. The number of benzene rings is 1. The van der Waals surface area contributed by atoms with E-state index in [1.165, 1.54) is 6.92 Å². The average Bonchev–Trinajstić information content (AvgIpc) is 2.28. The molecule has 2 nitrogen and oxygen atoms in total. The second kappa shape index (κ2) is 5.66. The Bertz CT molecular complexity index is 427. The van der Waals surface area contributed by atoms with Crippen LogP contribution in [0.1, 0.15) is 19.4 Å². The molecule has 0 saturated carbocycles. The first-order valence-corrected chi connectivity index (χ1v) is 5.24. The van der Waals surface area contributed by atoms with Gasteiger partial charge in [0, 0.05) is 10.6 Å². The number of carbonyl (C=O) groups is 1. The molecule has 0 radical (unpaired) electrons. The fourth-order valence-electron chi connectivity index (χ4n) is 1.23. The summed E-state index contributed by atoms with van der Waals surface area (Å²) in [6.45, 7) is 3.26. The van der Waals surface area contributed by atoms with Gasteiger partial charge >= 0.3 is 5.97 Å². The third-order valence-corrected chi connectivity index (χ3v) is 2.39. The molecule has 1 aromatic rings. The number of allylic oxidation sites excluding steroid dienone is 1. The van der Waals surface area contributed by atoms with Crippen LogP contribution in [-0.4, -0.2) is 12.6 Å². The molecular weight excluding hydrogens is 231 g/mol. The van der Waals surface area contributed by atoms with Crippen LogP contribution in [0.25, 0.3) is 5.57 Å². The number of ether oxygens (including phenoxy) is 1. The van der Waals surface area contributed by atoms with Gasteiger partial charge in [-0.05, 0) is 25.5 Å². The lowest BCUT2D eigenvalue weighted by molar-refractivity contribution is -0.140. The van der Waals surface area contributed by atoms with Crippen LogP contribution in [0.3, 0.4) is 0 Å². The molecule has 0 atom stereocenters. The Morgan fingerprint density at radius 2 is 2.06 bits per heavy atom. The molecule has 16 heavy (non-hydrogen) atoms. The Labute approximate surface area is 98.7 Å². The van der Waals surface area contributed by atoms with Crippen molar-refractivity contribution in [1.29, 1.82) is 0 Å². The topological polar surface area (TPSA) is 26.3 Å². The highest BCUT2D eigenvalue weighted by molar-refractivity contribution is 6.32. The number of halogens is 2. The summed E-state index contributed by atoms with van der Waals surface area (Å²) in [5.41, 5.74) is 0.679. The monoisotopic (exact) mass is 242 g/mol. The molecule has 0 aromatic heterocycles. The smallest absolute Gasteiger partial charge is 0.367 e. The van der Waals surface area contributed by atoms with Gasteiger partial charge in [-0.25, -0.2) is 4.79 Å².